The van der Waals surface area contributed by atoms with E-state index in [1.807, 2.05) is 11.9 Å². The summed E-state index contributed by atoms with van der Waals surface area (Å²) in [6.45, 7) is 6.30. The molecular weight excluding hydrogens is 150 g/mol. The normalized spacial score (nSPS) is 37.2. The third-order valence-corrected chi connectivity index (χ3v) is 3.39. The van der Waals surface area contributed by atoms with Gasteiger partial charge in [-0.1, -0.05) is 13.8 Å². The summed E-state index contributed by atoms with van der Waals surface area (Å²) in [4.78, 5) is 13.7. The fraction of sp³-hybridized carbons (Fsp3) is 0.900. The second-order valence-electron chi connectivity index (χ2n) is 4.22. The van der Waals surface area contributed by atoms with Gasteiger partial charge in [0.2, 0.25) is 5.91 Å². The highest BCUT2D eigenvalue weighted by molar-refractivity contribution is 5.83. The highest BCUT2D eigenvalue weighted by Crippen LogP contribution is 2.35. The average Bonchev–Trinajstić information content (AvgIpc) is 2.09. The van der Waals surface area contributed by atoms with E-state index in [-0.39, 0.29) is 5.41 Å². The molecule has 0 aromatic heterocycles. The lowest BCUT2D eigenvalue weighted by atomic mass is 9.77. The largest absolute Gasteiger partial charge is 0.343 e. The summed E-state index contributed by atoms with van der Waals surface area (Å²) in [5.74, 6) is 0.323. The van der Waals surface area contributed by atoms with E-state index in [1.165, 1.54) is 0 Å². The van der Waals surface area contributed by atoms with Gasteiger partial charge in [-0.25, -0.2) is 0 Å². The second-order valence-corrected chi connectivity index (χ2v) is 4.22. The number of carbonyl (C=O) groups excluding carboxylic acids is 1. The molecule has 0 N–H and O–H groups in total. The Bertz CT molecular complexity index is 190. The van der Waals surface area contributed by atoms with Gasteiger partial charge in [0.1, 0.15) is 0 Å². The summed E-state index contributed by atoms with van der Waals surface area (Å²) in [5.41, 5.74) is -0.0821. The molecular formula is C10H19NO. The van der Waals surface area contributed by atoms with E-state index in [4.69, 9.17) is 0 Å². The molecule has 2 heteroatoms. The van der Waals surface area contributed by atoms with Gasteiger partial charge in [0.15, 0.2) is 0 Å². The van der Waals surface area contributed by atoms with Crippen LogP contribution in [-0.4, -0.2) is 23.9 Å². The fourth-order valence-corrected chi connectivity index (χ4v) is 1.78. The zero-order chi connectivity index (χ0) is 9.35. The minimum atomic E-state index is -0.0821. The van der Waals surface area contributed by atoms with Crippen LogP contribution in [0.3, 0.4) is 0 Å². The van der Waals surface area contributed by atoms with Crippen LogP contribution in [0, 0.1) is 5.41 Å². The molecule has 0 radical (unpaired) electrons. The minimum absolute atomic E-state index is 0.0821. The molecule has 1 heterocycles. The van der Waals surface area contributed by atoms with Crippen molar-refractivity contribution in [3.05, 3.63) is 0 Å². The summed E-state index contributed by atoms with van der Waals surface area (Å²) in [6, 6.07) is 0.428. The van der Waals surface area contributed by atoms with E-state index in [0.29, 0.717) is 11.9 Å². The highest BCUT2D eigenvalue weighted by atomic mass is 16.2. The molecule has 2 nitrogen and oxygen atoms in total. The lowest BCUT2D eigenvalue weighted by Crippen LogP contribution is -2.49. The van der Waals surface area contributed by atoms with Crippen LogP contribution in [-0.2, 0) is 4.79 Å². The van der Waals surface area contributed by atoms with E-state index < -0.39 is 0 Å². The first kappa shape index (κ1) is 9.56. The van der Waals surface area contributed by atoms with Crippen molar-refractivity contribution >= 4 is 5.91 Å². The van der Waals surface area contributed by atoms with Crippen LogP contribution in [0.2, 0.25) is 0 Å². The molecule has 70 valence electrons. The molecule has 0 aliphatic carbocycles. The summed E-state index contributed by atoms with van der Waals surface area (Å²) in [6.07, 6.45) is 3.16. The van der Waals surface area contributed by atoms with Gasteiger partial charge in [-0.05, 0) is 26.2 Å². The Morgan fingerprint density at radius 1 is 1.67 bits per heavy atom. The monoisotopic (exact) mass is 169 g/mol. The maximum absolute atomic E-state index is 11.8. The number of hydrogen-bond donors (Lipinski definition) is 0. The van der Waals surface area contributed by atoms with Crippen molar-refractivity contribution in [2.75, 3.05) is 7.05 Å². The lowest BCUT2D eigenvalue weighted by Gasteiger charge is -2.41. The van der Waals surface area contributed by atoms with Crippen LogP contribution < -0.4 is 0 Å². The van der Waals surface area contributed by atoms with E-state index >= 15 is 0 Å². The molecule has 1 aliphatic heterocycles. The molecule has 0 saturated carbocycles. The smallest absolute Gasteiger partial charge is 0.228 e. The van der Waals surface area contributed by atoms with Gasteiger partial charge >= 0.3 is 0 Å². The van der Waals surface area contributed by atoms with Gasteiger partial charge in [0.25, 0.3) is 0 Å². The van der Waals surface area contributed by atoms with Crippen LogP contribution >= 0.6 is 0 Å². The van der Waals surface area contributed by atoms with Crippen molar-refractivity contribution in [3.63, 3.8) is 0 Å². The van der Waals surface area contributed by atoms with Crippen LogP contribution in [0.5, 0.6) is 0 Å². The molecule has 1 amide bonds. The molecule has 1 rings (SSSR count). The zero-order valence-electron chi connectivity index (χ0n) is 8.55. The number of piperidine rings is 1. The van der Waals surface area contributed by atoms with Gasteiger partial charge in [0, 0.05) is 18.5 Å². The van der Waals surface area contributed by atoms with Crippen LogP contribution in [0.4, 0.5) is 0 Å². The van der Waals surface area contributed by atoms with E-state index in [9.17, 15) is 4.79 Å². The lowest BCUT2D eigenvalue weighted by molar-refractivity contribution is -0.146. The van der Waals surface area contributed by atoms with E-state index in [1.54, 1.807) is 0 Å². The van der Waals surface area contributed by atoms with Gasteiger partial charge in [0.05, 0.1) is 0 Å². The van der Waals surface area contributed by atoms with Crippen LogP contribution in [0.25, 0.3) is 0 Å². The number of amides is 1. The summed E-state index contributed by atoms with van der Waals surface area (Å²) >= 11 is 0. The van der Waals surface area contributed by atoms with Crippen molar-refractivity contribution in [1.82, 2.24) is 4.90 Å². The molecule has 0 bridgehead atoms. The highest BCUT2D eigenvalue weighted by Gasteiger charge is 2.39. The molecule has 1 fully saturated rings. The van der Waals surface area contributed by atoms with Crippen molar-refractivity contribution in [1.29, 1.82) is 0 Å². The Morgan fingerprint density at radius 2 is 2.25 bits per heavy atom. The minimum Gasteiger partial charge on any atom is -0.343 e. The second kappa shape index (κ2) is 3.08. The van der Waals surface area contributed by atoms with Gasteiger partial charge < -0.3 is 4.90 Å². The Hall–Kier alpha value is -0.530. The van der Waals surface area contributed by atoms with Gasteiger partial charge in [-0.3, -0.25) is 4.79 Å². The number of carbonyl (C=O) groups is 1. The third kappa shape index (κ3) is 1.35. The maximum Gasteiger partial charge on any atom is 0.228 e. The predicted molar refractivity (Wildman–Crippen MR) is 49.9 cm³/mol. The number of nitrogens with zero attached hydrogens (tertiary/aromatic N) is 1. The predicted octanol–water partition coefficient (Wildman–Crippen LogP) is 2.04. The molecule has 0 aromatic rings. The molecule has 1 saturated heterocycles. The first-order valence-corrected chi connectivity index (χ1v) is 4.78. The van der Waals surface area contributed by atoms with E-state index in [0.717, 1.165) is 19.3 Å². The Labute approximate surface area is 74.9 Å². The Balaban J connectivity index is 2.78. The molecule has 12 heavy (non-hydrogen) atoms. The third-order valence-electron chi connectivity index (χ3n) is 3.39. The Morgan fingerprint density at radius 3 is 2.75 bits per heavy atom. The number of hydrogen-bond acceptors (Lipinski definition) is 1. The molecule has 1 aliphatic rings. The summed E-state index contributed by atoms with van der Waals surface area (Å²) in [7, 11) is 1.92. The van der Waals surface area contributed by atoms with Crippen LogP contribution in [0.15, 0.2) is 0 Å². The topological polar surface area (TPSA) is 20.3 Å². The number of rotatable bonds is 1. The standard InChI is InChI=1S/C10H19NO/c1-5-10(3)7-6-8(2)11(4)9(10)12/h8H,5-7H2,1-4H3. The van der Waals surface area contributed by atoms with Crippen molar-refractivity contribution in [3.8, 4) is 0 Å². The number of likely N-dealkylation sites (tertiary alicyclic amines) is 1. The molecule has 2 atom stereocenters. The first-order chi connectivity index (χ1) is 5.51. The SMILES string of the molecule is CCC1(C)CCC(C)N(C)C1=O. The molecule has 0 spiro atoms. The van der Waals surface area contributed by atoms with Crippen molar-refractivity contribution in [2.24, 2.45) is 5.41 Å². The quantitative estimate of drug-likeness (QED) is 0.588. The van der Waals surface area contributed by atoms with Crippen molar-refractivity contribution in [2.45, 2.75) is 46.1 Å². The average molecular weight is 169 g/mol. The van der Waals surface area contributed by atoms with E-state index in [2.05, 4.69) is 20.8 Å². The first-order valence-electron chi connectivity index (χ1n) is 4.78. The molecule has 0 aromatic carbocycles. The maximum atomic E-state index is 11.8. The zero-order valence-corrected chi connectivity index (χ0v) is 8.55. The Kier molecular flexibility index (Phi) is 2.45. The summed E-state index contributed by atoms with van der Waals surface area (Å²) in [5, 5.41) is 0. The van der Waals surface area contributed by atoms with Gasteiger partial charge in [-0.2, -0.15) is 0 Å². The fourth-order valence-electron chi connectivity index (χ4n) is 1.78. The summed E-state index contributed by atoms with van der Waals surface area (Å²) < 4.78 is 0. The van der Waals surface area contributed by atoms with Crippen LogP contribution in [0.1, 0.15) is 40.0 Å². The molecule has 2 unspecified atom stereocenters. The van der Waals surface area contributed by atoms with Gasteiger partial charge in [-0.15, -0.1) is 0 Å². The van der Waals surface area contributed by atoms with Crippen molar-refractivity contribution < 1.29 is 4.79 Å².